The van der Waals surface area contributed by atoms with Crippen LogP contribution in [0, 0.1) is 0 Å². The molecule has 5 nitrogen and oxygen atoms in total. The van der Waals surface area contributed by atoms with Crippen molar-refractivity contribution in [3.63, 3.8) is 0 Å². The van der Waals surface area contributed by atoms with Gasteiger partial charge in [0.05, 0.1) is 0 Å². The number of aliphatic hydroxyl groups excluding tert-OH is 1. The van der Waals surface area contributed by atoms with Crippen LogP contribution < -0.4 is 9.47 Å². The number of aliphatic carboxylic acids is 1. The van der Waals surface area contributed by atoms with E-state index in [0.29, 0.717) is 17.1 Å². The van der Waals surface area contributed by atoms with Crippen LogP contribution in [-0.4, -0.2) is 22.7 Å². The largest absolute Gasteiger partial charge is 0.478 e. The van der Waals surface area contributed by atoms with Crippen molar-refractivity contribution in [3.8, 4) is 11.5 Å². The molecule has 1 unspecified atom stereocenters. The van der Waals surface area contributed by atoms with E-state index in [9.17, 15) is 9.90 Å². The summed E-state index contributed by atoms with van der Waals surface area (Å²) in [6, 6.07) is 15.5. The lowest BCUT2D eigenvalue weighted by Crippen LogP contribution is -2.23. The van der Waals surface area contributed by atoms with Gasteiger partial charge < -0.3 is 19.7 Å². The summed E-state index contributed by atoms with van der Waals surface area (Å²) < 4.78 is 10.5. The molecule has 0 heterocycles. The first-order valence-corrected chi connectivity index (χ1v) is 6.21. The fourth-order valence-electron chi connectivity index (χ4n) is 1.63. The van der Waals surface area contributed by atoms with Gasteiger partial charge in [-0.1, -0.05) is 36.4 Å². The Morgan fingerprint density at radius 3 is 2.38 bits per heavy atom. The molecule has 2 aromatic carbocycles. The van der Waals surface area contributed by atoms with Crippen molar-refractivity contribution in [2.45, 2.75) is 6.48 Å². The minimum Gasteiger partial charge on any atom is -0.478 e. The van der Waals surface area contributed by atoms with Gasteiger partial charge in [0.25, 0.3) is 0 Å². The van der Waals surface area contributed by atoms with Crippen LogP contribution in [0.25, 0.3) is 6.08 Å². The molecule has 0 radical (unpaired) electrons. The Bertz CT molecular complexity index is 622. The first kappa shape index (κ1) is 14.6. The Morgan fingerprint density at radius 2 is 1.67 bits per heavy atom. The molecule has 21 heavy (non-hydrogen) atoms. The summed E-state index contributed by atoms with van der Waals surface area (Å²) in [5, 5.41) is 18.4. The van der Waals surface area contributed by atoms with Crippen molar-refractivity contribution in [1.82, 2.24) is 0 Å². The molecular formula is C16H14O5. The molecule has 2 rings (SSSR count). The molecule has 0 saturated carbocycles. The summed E-state index contributed by atoms with van der Waals surface area (Å²) in [6.07, 6.45) is 2.37. The van der Waals surface area contributed by atoms with Crippen LogP contribution in [0.5, 0.6) is 11.5 Å². The Balaban J connectivity index is 2.07. The standard InChI is InChI=1S/C16H14O5/c17-15(18)11-10-12-6-4-5-9-14(12)21-16(19)20-13-7-2-1-3-8-13/h1-11,16,19H,(H,17,18)/b11-10+. The van der Waals surface area contributed by atoms with E-state index in [4.69, 9.17) is 14.6 Å². The van der Waals surface area contributed by atoms with E-state index in [0.717, 1.165) is 6.08 Å². The molecule has 1 atom stereocenters. The van der Waals surface area contributed by atoms with Gasteiger partial charge in [-0.05, 0) is 24.3 Å². The lowest BCUT2D eigenvalue weighted by atomic mass is 10.2. The molecule has 0 bridgehead atoms. The highest BCUT2D eigenvalue weighted by Crippen LogP contribution is 2.21. The second kappa shape index (κ2) is 7.12. The summed E-state index contributed by atoms with van der Waals surface area (Å²) in [5.74, 6) is -0.284. The summed E-state index contributed by atoms with van der Waals surface area (Å²) in [7, 11) is 0. The molecule has 0 aliphatic carbocycles. The molecule has 0 aromatic heterocycles. The van der Waals surface area contributed by atoms with E-state index in [-0.39, 0.29) is 0 Å². The molecule has 0 saturated heterocycles. The van der Waals surface area contributed by atoms with Crippen LogP contribution in [-0.2, 0) is 4.79 Å². The van der Waals surface area contributed by atoms with Gasteiger partial charge in [0.1, 0.15) is 11.5 Å². The first-order valence-electron chi connectivity index (χ1n) is 6.21. The molecule has 0 amide bonds. The first-order chi connectivity index (χ1) is 10.1. The molecule has 5 heteroatoms. The highest BCUT2D eigenvalue weighted by atomic mass is 16.8. The van der Waals surface area contributed by atoms with Gasteiger partial charge in [0, 0.05) is 11.6 Å². The number of carbonyl (C=O) groups is 1. The smallest absolute Gasteiger partial charge is 0.358 e. The number of para-hydroxylation sites is 2. The minimum absolute atomic E-state index is 0.318. The highest BCUT2D eigenvalue weighted by molar-refractivity contribution is 5.85. The van der Waals surface area contributed by atoms with E-state index in [1.54, 1.807) is 48.5 Å². The molecule has 0 spiro atoms. The minimum atomic E-state index is -1.49. The van der Waals surface area contributed by atoms with Gasteiger partial charge in [0.15, 0.2) is 0 Å². The summed E-state index contributed by atoms with van der Waals surface area (Å²) in [4.78, 5) is 10.5. The number of hydrogen-bond donors (Lipinski definition) is 2. The van der Waals surface area contributed by atoms with Gasteiger partial charge in [-0.2, -0.15) is 0 Å². The summed E-state index contributed by atoms with van der Waals surface area (Å²) in [6.45, 7) is -1.49. The van der Waals surface area contributed by atoms with E-state index < -0.39 is 12.4 Å². The highest BCUT2D eigenvalue weighted by Gasteiger charge is 2.09. The maximum Gasteiger partial charge on any atom is 0.358 e. The van der Waals surface area contributed by atoms with Crippen LogP contribution in [0.2, 0.25) is 0 Å². The summed E-state index contributed by atoms with van der Waals surface area (Å²) >= 11 is 0. The van der Waals surface area contributed by atoms with Gasteiger partial charge in [0.2, 0.25) is 0 Å². The monoisotopic (exact) mass is 286 g/mol. The zero-order chi connectivity index (χ0) is 15.1. The fourth-order valence-corrected chi connectivity index (χ4v) is 1.63. The third-order valence-corrected chi connectivity index (χ3v) is 2.53. The van der Waals surface area contributed by atoms with Crippen molar-refractivity contribution in [2.75, 3.05) is 0 Å². The Kier molecular flexibility index (Phi) is 4.95. The van der Waals surface area contributed by atoms with Gasteiger partial charge in [-0.25, -0.2) is 4.79 Å². The predicted octanol–water partition coefficient (Wildman–Crippen LogP) is 2.52. The zero-order valence-electron chi connectivity index (χ0n) is 11.0. The maximum absolute atomic E-state index is 10.5. The SMILES string of the molecule is O=C(O)/C=C/c1ccccc1OC(O)Oc1ccccc1. The third-order valence-electron chi connectivity index (χ3n) is 2.53. The number of carboxylic acids is 1. The third kappa shape index (κ3) is 4.67. The second-order valence-corrected chi connectivity index (χ2v) is 4.07. The van der Waals surface area contributed by atoms with E-state index in [2.05, 4.69) is 0 Å². The van der Waals surface area contributed by atoms with Crippen molar-refractivity contribution in [1.29, 1.82) is 0 Å². The van der Waals surface area contributed by atoms with Crippen molar-refractivity contribution in [3.05, 3.63) is 66.2 Å². The fraction of sp³-hybridized carbons (Fsp3) is 0.0625. The maximum atomic E-state index is 10.5. The van der Waals surface area contributed by atoms with E-state index in [1.165, 1.54) is 6.08 Å². The molecular weight excluding hydrogens is 272 g/mol. The second-order valence-electron chi connectivity index (χ2n) is 4.07. The number of benzene rings is 2. The van der Waals surface area contributed by atoms with Crippen molar-refractivity contribution < 1.29 is 24.5 Å². The number of rotatable bonds is 6. The van der Waals surface area contributed by atoms with Crippen molar-refractivity contribution >= 4 is 12.0 Å². The lowest BCUT2D eigenvalue weighted by molar-refractivity contribution is -0.160. The Morgan fingerprint density at radius 1 is 1.00 bits per heavy atom. The van der Waals surface area contributed by atoms with Gasteiger partial charge >= 0.3 is 12.4 Å². The molecule has 2 N–H and O–H groups in total. The normalized spacial score (nSPS) is 12.0. The zero-order valence-corrected chi connectivity index (χ0v) is 11.0. The Labute approximate surface area is 121 Å². The molecule has 0 aliphatic rings. The predicted molar refractivity (Wildman–Crippen MR) is 76.8 cm³/mol. The number of hydrogen-bond acceptors (Lipinski definition) is 4. The number of carboxylic acid groups (broad SMARTS) is 1. The van der Waals surface area contributed by atoms with E-state index in [1.807, 2.05) is 6.07 Å². The van der Waals surface area contributed by atoms with Crippen molar-refractivity contribution in [2.24, 2.45) is 0 Å². The lowest BCUT2D eigenvalue weighted by Gasteiger charge is -2.16. The van der Waals surface area contributed by atoms with Crippen LogP contribution in [0.15, 0.2) is 60.7 Å². The molecule has 0 aliphatic heterocycles. The molecule has 108 valence electrons. The summed E-state index contributed by atoms with van der Waals surface area (Å²) in [5.41, 5.74) is 0.524. The van der Waals surface area contributed by atoms with E-state index >= 15 is 0 Å². The Hall–Kier alpha value is -2.79. The van der Waals surface area contributed by atoms with Crippen LogP contribution >= 0.6 is 0 Å². The molecule has 2 aromatic rings. The topological polar surface area (TPSA) is 76.0 Å². The van der Waals surface area contributed by atoms with Gasteiger partial charge in [-0.15, -0.1) is 0 Å². The number of ether oxygens (including phenoxy) is 2. The average molecular weight is 286 g/mol. The quantitative estimate of drug-likeness (QED) is 0.630. The van der Waals surface area contributed by atoms with Crippen LogP contribution in [0.1, 0.15) is 5.56 Å². The number of aliphatic hydroxyl groups is 1. The van der Waals surface area contributed by atoms with Crippen LogP contribution in [0.4, 0.5) is 0 Å². The average Bonchev–Trinajstić information content (AvgIpc) is 2.47. The molecule has 0 fully saturated rings. The van der Waals surface area contributed by atoms with Crippen LogP contribution in [0.3, 0.4) is 0 Å². The van der Waals surface area contributed by atoms with Gasteiger partial charge in [-0.3, -0.25) is 0 Å².